The molecule has 2 rings (SSSR count). The van der Waals surface area contributed by atoms with Gasteiger partial charge < -0.3 is 14.3 Å². The fraction of sp³-hybridized carbons (Fsp3) is 0.714. The topological polar surface area (TPSA) is 60.7 Å². The molecule has 1 atom stereocenters. The summed E-state index contributed by atoms with van der Waals surface area (Å²) in [6.45, 7) is 8.17. The third kappa shape index (κ3) is 2.54. The van der Waals surface area contributed by atoms with Gasteiger partial charge in [-0.2, -0.15) is 4.73 Å². The van der Waals surface area contributed by atoms with Crippen LogP contribution in [0, 0.1) is 12.8 Å². The summed E-state index contributed by atoms with van der Waals surface area (Å²) in [5, 5.41) is 10.8. The lowest BCUT2D eigenvalue weighted by Crippen LogP contribution is -2.20. The van der Waals surface area contributed by atoms with Gasteiger partial charge >= 0.3 is 7.60 Å². The molecule has 0 amide bonds. The lowest BCUT2D eigenvalue weighted by molar-refractivity contribution is 0.168. The summed E-state index contributed by atoms with van der Waals surface area (Å²) in [6.07, 6.45) is 2.64. The largest absolute Gasteiger partial charge is 0.428 e. The van der Waals surface area contributed by atoms with Crippen molar-refractivity contribution in [2.24, 2.45) is 5.92 Å². The minimum atomic E-state index is -3.36. The summed E-state index contributed by atoms with van der Waals surface area (Å²) in [7, 11) is -3.36. The van der Waals surface area contributed by atoms with Crippen LogP contribution >= 0.6 is 7.60 Å². The van der Waals surface area contributed by atoms with Crippen molar-refractivity contribution in [1.29, 1.82) is 0 Å². The molecule has 1 N–H and O–H groups in total. The molecule has 1 aliphatic rings. The van der Waals surface area contributed by atoms with E-state index in [9.17, 15) is 9.77 Å². The van der Waals surface area contributed by atoms with Gasteiger partial charge in [0.25, 0.3) is 0 Å². The maximum atomic E-state index is 13.1. The summed E-state index contributed by atoms with van der Waals surface area (Å²) in [5.74, 6) is 0.514. The fourth-order valence-corrected chi connectivity index (χ4v) is 5.01. The quantitative estimate of drug-likeness (QED) is 0.671. The second kappa shape index (κ2) is 5.92. The first-order valence-electron chi connectivity index (χ1n) is 7.26. The second-order valence-corrected chi connectivity index (χ2v) is 7.31. The Morgan fingerprint density at radius 3 is 2.50 bits per heavy atom. The number of rotatable bonds is 5. The molecule has 1 aromatic rings. The van der Waals surface area contributed by atoms with Crippen LogP contribution in [0.3, 0.4) is 0 Å². The first-order valence-corrected chi connectivity index (χ1v) is 8.80. The second-order valence-electron chi connectivity index (χ2n) is 5.35. The van der Waals surface area contributed by atoms with E-state index < -0.39 is 7.60 Å². The number of fused-ring (bicyclic) bond motifs is 1. The van der Waals surface area contributed by atoms with E-state index >= 15 is 0 Å². The van der Waals surface area contributed by atoms with Crippen LogP contribution < -0.4 is 5.30 Å². The van der Waals surface area contributed by atoms with Crippen molar-refractivity contribution in [3.63, 3.8) is 0 Å². The highest BCUT2D eigenvalue weighted by molar-refractivity contribution is 7.62. The Balaban J connectivity index is 2.58. The van der Waals surface area contributed by atoms with Crippen molar-refractivity contribution < 1.29 is 18.8 Å². The standard InChI is InChI=1S/C14H24NO4P/c1-5-18-20(17,19-6-2)14-11(4)15(16)13-8-7-10(3)9-12(13)14/h10,16H,5-9H2,1-4H3. The van der Waals surface area contributed by atoms with E-state index in [0.717, 1.165) is 30.5 Å². The van der Waals surface area contributed by atoms with Crippen LogP contribution in [0.25, 0.3) is 0 Å². The van der Waals surface area contributed by atoms with Crippen molar-refractivity contribution in [3.8, 4) is 0 Å². The van der Waals surface area contributed by atoms with Gasteiger partial charge in [-0.3, -0.25) is 4.57 Å². The maximum absolute atomic E-state index is 13.1. The zero-order valence-electron chi connectivity index (χ0n) is 12.7. The van der Waals surface area contributed by atoms with Crippen molar-refractivity contribution in [1.82, 2.24) is 4.73 Å². The molecule has 0 spiro atoms. The van der Waals surface area contributed by atoms with Gasteiger partial charge in [-0.15, -0.1) is 0 Å². The highest BCUT2D eigenvalue weighted by Crippen LogP contribution is 2.50. The van der Waals surface area contributed by atoms with Gasteiger partial charge in [0, 0.05) is 0 Å². The summed E-state index contributed by atoms with van der Waals surface area (Å²) in [6, 6.07) is 0. The Hall–Kier alpha value is -0.770. The third-order valence-electron chi connectivity index (χ3n) is 3.85. The summed E-state index contributed by atoms with van der Waals surface area (Å²) < 4.78 is 25.1. The van der Waals surface area contributed by atoms with E-state index in [1.807, 2.05) is 0 Å². The molecule has 0 saturated carbocycles. The van der Waals surface area contributed by atoms with Gasteiger partial charge in [0.1, 0.15) is 0 Å². The predicted molar refractivity (Wildman–Crippen MR) is 78.0 cm³/mol. The average Bonchev–Trinajstić information content (AvgIpc) is 2.62. The summed E-state index contributed by atoms with van der Waals surface area (Å²) in [4.78, 5) is 0. The molecule has 1 aliphatic carbocycles. The molecule has 5 nitrogen and oxygen atoms in total. The SMILES string of the molecule is CCOP(=O)(OCC)c1c2c(n(O)c1C)CCC(C)C2. The maximum Gasteiger partial charge on any atom is 0.363 e. The Bertz CT molecular complexity index is 528. The van der Waals surface area contributed by atoms with E-state index in [2.05, 4.69) is 6.92 Å². The van der Waals surface area contributed by atoms with E-state index in [-0.39, 0.29) is 0 Å². The first-order chi connectivity index (χ1) is 9.44. The van der Waals surface area contributed by atoms with E-state index in [1.54, 1.807) is 20.8 Å². The minimum absolute atomic E-state index is 0.317. The fourth-order valence-electron chi connectivity index (χ4n) is 2.96. The Morgan fingerprint density at radius 1 is 1.35 bits per heavy atom. The molecule has 0 bridgehead atoms. The molecular weight excluding hydrogens is 277 g/mol. The zero-order valence-corrected chi connectivity index (χ0v) is 13.6. The predicted octanol–water partition coefficient (Wildman–Crippen LogP) is 3.05. The lowest BCUT2D eigenvalue weighted by atomic mass is 9.89. The highest BCUT2D eigenvalue weighted by atomic mass is 31.2. The minimum Gasteiger partial charge on any atom is -0.428 e. The summed E-state index contributed by atoms with van der Waals surface area (Å²) in [5.41, 5.74) is 2.39. The average molecular weight is 301 g/mol. The zero-order chi connectivity index (χ0) is 14.9. The van der Waals surface area contributed by atoms with Crippen molar-refractivity contribution in [2.45, 2.75) is 47.0 Å². The molecule has 1 unspecified atom stereocenters. The molecule has 0 fully saturated rings. The summed E-state index contributed by atoms with van der Waals surface area (Å²) >= 11 is 0. The first kappa shape index (κ1) is 15.6. The van der Waals surface area contributed by atoms with E-state index in [1.165, 1.54) is 4.73 Å². The van der Waals surface area contributed by atoms with Crippen LogP contribution in [0.5, 0.6) is 0 Å². The molecule has 0 saturated heterocycles. The highest BCUT2D eigenvalue weighted by Gasteiger charge is 2.38. The van der Waals surface area contributed by atoms with Gasteiger partial charge in [-0.05, 0) is 51.5 Å². The van der Waals surface area contributed by atoms with Crippen molar-refractivity contribution >= 4 is 12.9 Å². The van der Waals surface area contributed by atoms with Crippen LogP contribution in [-0.4, -0.2) is 23.2 Å². The molecule has 0 aromatic carbocycles. The van der Waals surface area contributed by atoms with Crippen molar-refractivity contribution in [3.05, 3.63) is 17.0 Å². The van der Waals surface area contributed by atoms with Crippen LogP contribution in [0.2, 0.25) is 0 Å². The van der Waals surface area contributed by atoms with E-state index in [4.69, 9.17) is 9.05 Å². The monoisotopic (exact) mass is 301 g/mol. The van der Waals surface area contributed by atoms with Gasteiger partial charge in [-0.1, -0.05) is 6.92 Å². The Morgan fingerprint density at radius 2 is 1.95 bits per heavy atom. The molecule has 20 heavy (non-hydrogen) atoms. The van der Waals surface area contributed by atoms with Crippen LogP contribution in [-0.2, 0) is 26.5 Å². The number of aromatic nitrogens is 1. The molecule has 0 radical (unpaired) electrons. The Labute approximate surface area is 120 Å². The van der Waals surface area contributed by atoms with Crippen LogP contribution in [0.1, 0.15) is 44.1 Å². The molecule has 6 heteroatoms. The number of hydrogen-bond acceptors (Lipinski definition) is 4. The molecular formula is C14H24NO4P. The number of nitrogens with zero attached hydrogens (tertiary/aromatic N) is 1. The van der Waals surface area contributed by atoms with Gasteiger partial charge in [0.2, 0.25) is 0 Å². The molecule has 1 aromatic heterocycles. The molecule has 1 heterocycles. The Kier molecular flexibility index (Phi) is 4.62. The van der Waals surface area contributed by atoms with E-state index in [0.29, 0.717) is 30.1 Å². The van der Waals surface area contributed by atoms with Gasteiger partial charge in [0.05, 0.1) is 29.9 Å². The van der Waals surface area contributed by atoms with Crippen LogP contribution in [0.4, 0.5) is 0 Å². The number of hydrogen-bond donors (Lipinski definition) is 1. The van der Waals surface area contributed by atoms with Crippen LogP contribution in [0.15, 0.2) is 0 Å². The smallest absolute Gasteiger partial charge is 0.363 e. The normalized spacial score (nSPS) is 19.1. The van der Waals surface area contributed by atoms with Gasteiger partial charge in [0.15, 0.2) is 0 Å². The third-order valence-corrected chi connectivity index (χ3v) is 6.19. The lowest BCUT2D eigenvalue weighted by Gasteiger charge is -2.22. The van der Waals surface area contributed by atoms with Crippen molar-refractivity contribution in [2.75, 3.05) is 13.2 Å². The van der Waals surface area contributed by atoms with Gasteiger partial charge in [-0.25, -0.2) is 0 Å². The molecule has 0 aliphatic heterocycles. The molecule has 114 valence electrons.